The molecule has 0 saturated heterocycles. The zero-order valence-corrected chi connectivity index (χ0v) is 14.2. The molecule has 19 heavy (non-hydrogen) atoms. The molecule has 0 fully saturated rings. The lowest BCUT2D eigenvalue weighted by Gasteiger charge is -2.18. The fourth-order valence-corrected chi connectivity index (χ4v) is 4.10. The Kier molecular flexibility index (Phi) is 5.46. The van der Waals surface area contributed by atoms with Crippen molar-refractivity contribution in [3.63, 3.8) is 0 Å². The highest BCUT2D eigenvalue weighted by Gasteiger charge is 2.16. The first-order chi connectivity index (χ1) is 9.10. The topological polar surface area (TPSA) is 12.0 Å². The summed E-state index contributed by atoms with van der Waals surface area (Å²) in [7, 11) is 0. The maximum Gasteiger partial charge on any atom is 0.0704 e. The second-order valence-electron chi connectivity index (χ2n) is 4.50. The van der Waals surface area contributed by atoms with E-state index in [0.29, 0.717) is 6.04 Å². The van der Waals surface area contributed by atoms with E-state index in [1.165, 1.54) is 19.8 Å². The predicted molar refractivity (Wildman–Crippen MR) is 88.3 cm³/mol. The number of halogens is 2. The summed E-state index contributed by atoms with van der Waals surface area (Å²) < 4.78 is 1.19. The molecule has 0 aliphatic heterocycles. The molecule has 1 atom stereocenters. The molecule has 0 spiro atoms. The van der Waals surface area contributed by atoms with Gasteiger partial charge in [0.25, 0.3) is 0 Å². The Labute approximate surface area is 132 Å². The van der Waals surface area contributed by atoms with Crippen molar-refractivity contribution in [2.45, 2.75) is 26.3 Å². The summed E-state index contributed by atoms with van der Waals surface area (Å²) in [5.74, 6) is 0. The average molecular weight is 359 g/mol. The smallest absolute Gasteiger partial charge is 0.0704 e. The van der Waals surface area contributed by atoms with E-state index in [-0.39, 0.29) is 0 Å². The van der Waals surface area contributed by atoms with Gasteiger partial charge in [0, 0.05) is 15.9 Å². The van der Waals surface area contributed by atoms with E-state index in [2.05, 4.69) is 53.3 Å². The highest BCUT2D eigenvalue weighted by Crippen LogP contribution is 2.32. The number of hydrogen-bond donors (Lipinski definition) is 1. The molecule has 0 amide bonds. The third kappa shape index (κ3) is 4.06. The van der Waals surface area contributed by atoms with Crippen LogP contribution in [0.5, 0.6) is 0 Å². The number of benzene rings is 1. The van der Waals surface area contributed by atoms with Crippen LogP contribution in [0.15, 0.2) is 34.1 Å². The van der Waals surface area contributed by atoms with Gasteiger partial charge in [-0.25, -0.2) is 0 Å². The maximum atomic E-state index is 5.93. The van der Waals surface area contributed by atoms with Gasteiger partial charge in [-0.2, -0.15) is 0 Å². The van der Waals surface area contributed by atoms with Crippen LogP contribution in [0.4, 0.5) is 0 Å². The number of aryl methyl sites for hydroxylation is 1. The molecule has 2 rings (SSSR count). The minimum atomic E-state index is 0.355. The number of nitrogens with one attached hydrogen (secondary N) is 1. The second-order valence-corrected chi connectivity index (χ2v) is 7.57. The average Bonchev–Trinajstić information content (AvgIpc) is 2.71. The largest absolute Gasteiger partial charge is 0.310 e. The number of thiophene rings is 1. The summed E-state index contributed by atoms with van der Waals surface area (Å²) in [5, 5.41) is 4.36. The van der Waals surface area contributed by atoms with E-state index in [1.54, 1.807) is 11.3 Å². The lowest BCUT2D eigenvalue weighted by molar-refractivity contribution is 0.549. The normalized spacial score (nSPS) is 12.6. The monoisotopic (exact) mass is 357 g/mol. The van der Waals surface area contributed by atoms with Crippen molar-refractivity contribution in [3.8, 4) is 0 Å². The van der Waals surface area contributed by atoms with Gasteiger partial charge >= 0.3 is 0 Å². The van der Waals surface area contributed by atoms with E-state index in [9.17, 15) is 0 Å². The quantitative estimate of drug-likeness (QED) is 0.758. The van der Waals surface area contributed by atoms with Crippen LogP contribution < -0.4 is 5.32 Å². The van der Waals surface area contributed by atoms with Gasteiger partial charge < -0.3 is 5.32 Å². The zero-order chi connectivity index (χ0) is 13.8. The van der Waals surface area contributed by atoms with Crippen molar-refractivity contribution in [1.82, 2.24) is 5.32 Å². The predicted octanol–water partition coefficient (Wildman–Crippen LogP) is 5.37. The number of hydrogen-bond acceptors (Lipinski definition) is 2. The Hall–Kier alpha value is -0.350. The van der Waals surface area contributed by atoms with Crippen LogP contribution in [0, 0.1) is 6.92 Å². The zero-order valence-electron chi connectivity index (χ0n) is 11.0. The Bertz CT molecular complexity index is 536. The van der Waals surface area contributed by atoms with Gasteiger partial charge in [-0.15, -0.1) is 11.3 Å². The molecule has 0 aliphatic rings. The molecule has 1 aromatic carbocycles. The molecule has 1 N–H and O–H groups in total. The summed E-state index contributed by atoms with van der Waals surface area (Å²) in [6.07, 6.45) is 0.981. The number of likely N-dealkylation sites (N-methyl/N-ethyl adjacent to an activating group) is 1. The summed E-state index contributed by atoms with van der Waals surface area (Å²) in [6, 6.07) is 10.7. The van der Waals surface area contributed by atoms with Gasteiger partial charge in [-0.1, -0.05) is 30.7 Å². The molecular formula is C15H17BrClNS. The van der Waals surface area contributed by atoms with Gasteiger partial charge in [-0.3, -0.25) is 0 Å². The van der Waals surface area contributed by atoms with E-state index in [0.717, 1.165) is 18.0 Å². The molecule has 2 aromatic rings. The summed E-state index contributed by atoms with van der Waals surface area (Å²) >= 11 is 11.3. The van der Waals surface area contributed by atoms with Crippen LogP contribution in [0.2, 0.25) is 5.02 Å². The minimum absolute atomic E-state index is 0.355. The van der Waals surface area contributed by atoms with E-state index < -0.39 is 0 Å². The molecule has 0 bridgehead atoms. The van der Waals surface area contributed by atoms with Crippen molar-refractivity contribution in [2.24, 2.45) is 0 Å². The molecule has 1 heterocycles. The standard InChI is InChI=1S/C15H17BrClNS/c1-3-18-14(13-9-15(16)19-10(13)2)8-11-4-6-12(17)7-5-11/h4-7,9,14,18H,3,8H2,1-2H3. The molecule has 0 radical (unpaired) electrons. The molecule has 1 nitrogen and oxygen atoms in total. The molecular weight excluding hydrogens is 342 g/mol. The fourth-order valence-electron chi connectivity index (χ4n) is 2.20. The van der Waals surface area contributed by atoms with Gasteiger partial charge in [0.1, 0.15) is 0 Å². The Morgan fingerprint density at radius 2 is 2.00 bits per heavy atom. The molecule has 1 aromatic heterocycles. The highest BCUT2D eigenvalue weighted by atomic mass is 79.9. The Morgan fingerprint density at radius 3 is 2.53 bits per heavy atom. The first kappa shape index (κ1) is 15.0. The van der Waals surface area contributed by atoms with Crippen molar-refractivity contribution in [3.05, 3.63) is 55.1 Å². The van der Waals surface area contributed by atoms with Crippen molar-refractivity contribution < 1.29 is 0 Å². The molecule has 1 unspecified atom stereocenters. The second kappa shape index (κ2) is 6.89. The highest BCUT2D eigenvalue weighted by molar-refractivity contribution is 9.11. The third-order valence-electron chi connectivity index (χ3n) is 3.11. The molecule has 0 aliphatic carbocycles. The number of rotatable bonds is 5. The van der Waals surface area contributed by atoms with Crippen LogP contribution in [-0.4, -0.2) is 6.54 Å². The Balaban J connectivity index is 2.20. The first-order valence-electron chi connectivity index (χ1n) is 6.33. The molecule has 0 saturated carbocycles. The van der Waals surface area contributed by atoms with Crippen molar-refractivity contribution in [2.75, 3.05) is 6.54 Å². The van der Waals surface area contributed by atoms with E-state index in [4.69, 9.17) is 11.6 Å². The summed E-state index contributed by atoms with van der Waals surface area (Å²) in [6.45, 7) is 5.29. The lowest BCUT2D eigenvalue weighted by atomic mass is 9.99. The van der Waals surface area contributed by atoms with Crippen LogP contribution in [0.3, 0.4) is 0 Å². The van der Waals surface area contributed by atoms with E-state index in [1.807, 2.05) is 12.1 Å². The molecule has 102 valence electrons. The van der Waals surface area contributed by atoms with Gasteiger partial charge in [-0.05, 0) is 65.1 Å². The van der Waals surface area contributed by atoms with Crippen LogP contribution >= 0.6 is 38.9 Å². The summed E-state index contributed by atoms with van der Waals surface area (Å²) in [5.41, 5.74) is 2.69. The first-order valence-corrected chi connectivity index (χ1v) is 8.32. The van der Waals surface area contributed by atoms with Gasteiger partial charge in [0.15, 0.2) is 0 Å². The Morgan fingerprint density at radius 1 is 1.32 bits per heavy atom. The fraction of sp³-hybridized carbons (Fsp3) is 0.333. The van der Waals surface area contributed by atoms with Gasteiger partial charge in [0.05, 0.1) is 3.79 Å². The lowest BCUT2D eigenvalue weighted by Crippen LogP contribution is -2.23. The van der Waals surface area contributed by atoms with Crippen LogP contribution in [0.1, 0.15) is 29.0 Å². The summed E-state index contributed by atoms with van der Waals surface area (Å²) in [4.78, 5) is 1.37. The van der Waals surface area contributed by atoms with Crippen LogP contribution in [0.25, 0.3) is 0 Å². The molecule has 4 heteroatoms. The SMILES string of the molecule is CCNC(Cc1ccc(Cl)cc1)c1cc(Br)sc1C. The third-order valence-corrected chi connectivity index (χ3v) is 4.93. The van der Waals surface area contributed by atoms with E-state index >= 15 is 0 Å². The van der Waals surface area contributed by atoms with Crippen molar-refractivity contribution in [1.29, 1.82) is 0 Å². The van der Waals surface area contributed by atoms with Crippen LogP contribution in [-0.2, 0) is 6.42 Å². The van der Waals surface area contributed by atoms with Crippen molar-refractivity contribution >= 4 is 38.9 Å². The minimum Gasteiger partial charge on any atom is -0.310 e. The maximum absolute atomic E-state index is 5.93. The van der Waals surface area contributed by atoms with Gasteiger partial charge in [0.2, 0.25) is 0 Å².